The zero-order chi connectivity index (χ0) is 30.4. The van der Waals surface area contributed by atoms with Gasteiger partial charge in [0.25, 0.3) is 0 Å². The van der Waals surface area contributed by atoms with Crippen molar-refractivity contribution >= 4 is 17.4 Å². The van der Waals surface area contributed by atoms with Crippen LogP contribution in [-0.2, 0) is 21.7 Å². The van der Waals surface area contributed by atoms with Crippen LogP contribution in [0.5, 0.6) is 0 Å². The van der Waals surface area contributed by atoms with E-state index in [0.717, 1.165) is 39.7 Å². The van der Waals surface area contributed by atoms with E-state index in [1.807, 2.05) is 12.1 Å². The Morgan fingerprint density at radius 1 is 0.450 bits per heavy atom. The van der Waals surface area contributed by atoms with Crippen LogP contribution in [0.1, 0.15) is 138 Å². The third-order valence-corrected chi connectivity index (χ3v) is 7.82. The maximum absolute atomic E-state index is 12.1. The third-order valence-electron chi connectivity index (χ3n) is 7.82. The monoisotopic (exact) mass is 534 g/mol. The van der Waals surface area contributed by atoms with E-state index in [1.54, 1.807) is 0 Å². The van der Waals surface area contributed by atoms with Crippen molar-refractivity contribution in [3.05, 3.63) is 118 Å². The van der Waals surface area contributed by atoms with E-state index >= 15 is 0 Å². The normalized spacial score (nSPS) is 12.8. The van der Waals surface area contributed by atoms with Crippen LogP contribution < -0.4 is 0 Å². The van der Waals surface area contributed by atoms with Crippen LogP contribution in [0.2, 0.25) is 0 Å². The highest BCUT2D eigenvalue weighted by molar-refractivity contribution is 5.88. The van der Waals surface area contributed by atoms with E-state index in [2.05, 4.69) is 139 Å². The lowest BCUT2D eigenvalue weighted by Crippen LogP contribution is -2.17. The van der Waals surface area contributed by atoms with Crippen molar-refractivity contribution in [2.45, 2.75) is 105 Å². The summed E-state index contributed by atoms with van der Waals surface area (Å²) in [6.07, 6.45) is 0.923. The van der Waals surface area contributed by atoms with E-state index in [1.165, 1.54) is 22.3 Å². The first kappa shape index (κ1) is 31.3. The van der Waals surface area contributed by atoms with Crippen molar-refractivity contribution in [3.8, 4) is 0 Å². The molecule has 0 unspecified atom stereocenters. The van der Waals surface area contributed by atoms with Gasteiger partial charge in [-0.3, -0.25) is 4.79 Å². The fraction of sp³-hybridized carbons (Fsp3) is 0.410. The van der Waals surface area contributed by atoms with Crippen molar-refractivity contribution in [1.82, 2.24) is 0 Å². The van der Waals surface area contributed by atoms with Crippen molar-refractivity contribution < 1.29 is 4.79 Å². The second-order valence-corrected chi connectivity index (χ2v) is 15.5. The lowest BCUT2D eigenvalue weighted by atomic mass is 9.78. The lowest BCUT2D eigenvalue weighted by molar-refractivity contribution is 0.112. The van der Waals surface area contributed by atoms with Crippen molar-refractivity contribution in [1.29, 1.82) is 0 Å². The highest BCUT2D eigenvalue weighted by Crippen LogP contribution is 2.37. The predicted molar refractivity (Wildman–Crippen MR) is 176 cm³/mol. The zero-order valence-electron chi connectivity index (χ0n) is 27.1. The molecule has 0 atom stereocenters. The molecule has 0 saturated heterocycles. The van der Waals surface area contributed by atoms with Crippen LogP contribution in [0.15, 0.2) is 67.8 Å². The molecule has 1 nitrogen and oxygen atoms in total. The van der Waals surface area contributed by atoms with Crippen LogP contribution in [0.4, 0.5) is 0 Å². The number of hydrogen-bond acceptors (Lipinski definition) is 1. The van der Waals surface area contributed by atoms with Gasteiger partial charge in [0.1, 0.15) is 6.29 Å². The van der Waals surface area contributed by atoms with Gasteiger partial charge < -0.3 is 0 Å². The molecule has 0 spiro atoms. The number of carbonyl (C=O) groups is 1. The molecule has 0 radical (unpaired) electrons. The highest BCUT2D eigenvalue weighted by Gasteiger charge is 2.23. The van der Waals surface area contributed by atoms with Gasteiger partial charge >= 0.3 is 0 Å². The van der Waals surface area contributed by atoms with E-state index < -0.39 is 0 Å². The van der Waals surface area contributed by atoms with Crippen molar-refractivity contribution in [3.63, 3.8) is 0 Å². The lowest BCUT2D eigenvalue weighted by Gasteiger charge is -2.27. The second kappa shape index (κ2) is 10.7. The average molecular weight is 535 g/mol. The molecule has 3 aromatic carbocycles. The van der Waals surface area contributed by atoms with Gasteiger partial charge in [0.05, 0.1) is 0 Å². The SMILES string of the molecule is C=C(c1cc(C=O)cc(C(=C)c2cc(C(C)(C)C)cc(C(C)(C)C)c2)c1)c1cc(C(C)(C)C)cc(C(C)(C)C)c1. The van der Waals surface area contributed by atoms with Gasteiger partial charge in [-0.1, -0.05) is 133 Å². The summed E-state index contributed by atoms with van der Waals surface area (Å²) in [7, 11) is 0. The van der Waals surface area contributed by atoms with Gasteiger partial charge in [0.15, 0.2) is 0 Å². The standard InChI is InChI=1S/C39H50O/c1-25(30-18-32(36(3,4)5)22-33(19-30)37(6,7)8)28-15-27(24-40)16-29(17-28)26(2)31-20-34(38(9,10)11)23-35(21-31)39(12,13)14/h15-24H,1-2H2,3-14H3. The summed E-state index contributed by atoms with van der Waals surface area (Å²) in [4.78, 5) is 12.1. The summed E-state index contributed by atoms with van der Waals surface area (Å²) in [6, 6.07) is 19.7. The fourth-order valence-electron chi connectivity index (χ4n) is 4.74. The maximum Gasteiger partial charge on any atom is 0.150 e. The first-order valence-electron chi connectivity index (χ1n) is 14.4. The molecule has 3 aromatic rings. The van der Waals surface area contributed by atoms with Crippen molar-refractivity contribution in [2.75, 3.05) is 0 Å². The molecule has 40 heavy (non-hydrogen) atoms. The Balaban J connectivity index is 2.19. The second-order valence-electron chi connectivity index (χ2n) is 15.5. The molecule has 0 aliphatic carbocycles. The number of aldehydes is 1. The number of hydrogen-bond donors (Lipinski definition) is 0. The van der Waals surface area contributed by atoms with E-state index in [4.69, 9.17) is 0 Å². The smallest absolute Gasteiger partial charge is 0.150 e. The minimum absolute atomic E-state index is 0.00319. The summed E-state index contributed by atoms with van der Waals surface area (Å²) in [5.74, 6) is 0. The fourth-order valence-corrected chi connectivity index (χ4v) is 4.74. The Bertz CT molecular complexity index is 1280. The van der Waals surface area contributed by atoms with Crippen molar-refractivity contribution in [2.24, 2.45) is 0 Å². The molecular weight excluding hydrogens is 484 g/mol. The number of carbonyl (C=O) groups excluding carboxylic acids is 1. The molecule has 1 heteroatoms. The first-order valence-corrected chi connectivity index (χ1v) is 14.4. The van der Waals surface area contributed by atoms with Gasteiger partial charge in [0.2, 0.25) is 0 Å². The molecular formula is C39H50O. The summed E-state index contributed by atoms with van der Waals surface area (Å²) >= 11 is 0. The topological polar surface area (TPSA) is 17.1 Å². The van der Waals surface area contributed by atoms with Gasteiger partial charge in [-0.2, -0.15) is 0 Å². The quantitative estimate of drug-likeness (QED) is 0.297. The maximum atomic E-state index is 12.1. The first-order chi connectivity index (χ1) is 18.1. The van der Waals surface area contributed by atoms with Crippen LogP contribution in [0, 0.1) is 0 Å². The molecule has 3 rings (SSSR count). The minimum atomic E-state index is 0.00319. The number of rotatable bonds is 5. The Morgan fingerprint density at radius 2 is 0.700 bits per heavy atom. The molecule has 0 saturated carbocycles. The van der Waals surface area contributed by atoms with E-state index in [0.29, 0.717) is 5.56 Å². The van der Waals surface area contributed by atoms with Crippen LogP contribution in [-0.4, -0.2) is 6.29 Å². The summed E-state index contributed by atoms with van der Waals surface area (Å²) in [6.45, 7) is 36.0. The summed E-state index contributed by atoms with van der Waals surface area (Å²) in [5, 5.41) is 0. The molecule has 0 aliphatic rings. The highest BCUT2D eigenvalue weighted by atomic mass is 16.1. The molecule has 0 heterocycles. The molecule has 0 N–H and O–H groups in total. The van der Waals surface area contributed by atoms with Gasteiger partial charge in [-0.25, -0.2) is 0 Å². The largest absolute Gasteiger partial charge is 0.298 e. The Labute approximate surface area is 244 Å². The van der Waals surface area contributed by atoms with Crippen LogP contribution >= 0.6 is 0 Å². The molecule has 212 valence electrons. The molecule has 0 aliphatic heterocycles. The van der Waals surface area contributed by atoms with Crippen LogP contribution in [0.3, 0.4) is 0 Å². The average Bonchev–Trinajstić information content (AvgIpc) is 2.84. The molecule has 0 fully saturated rings. The summed E-state index contributed by atoms with van der Waals surface area (Å²) < 4.78 is 0. The van der Waals surface area contributed by atoms with E-state index in [9.17, 15) is 4.79 Å². The van der Waals surface area contributed by atoms with Gasteiger partial charge in [-0.15, -0.1) is 0 Å². The molecule has 0 amide bonds. The third kappa shape index (κ3) is 7.11. The van der Waals surface area contributed by atoms with Crippen LogP contribution in [0.25, 0.3) is 11.1 Å². The summed E-state index contributed by atoms with van der Waals surface area (Å²) in [5.41, 5.74) is 11.6. The van der Waals surface area contributed by atoms with E-state index in [-0.39, 0.29) is 21.7 Å². The van der Waals surface area contributed by atoms with Gasteiger partial charge in [0, 0.05) is 5.56 Å². The Morgan fingerprint density at radius 3 is 0.925 bits per heavy atom. The Kier molecular flexibility index (Phi) is 8.35. The number of benzene rings is 3. The zero-order valence-corrected chi connectivity index (χ0v) is 27.1. The molecule has 0 bridgehead atoms. The van der Waals surface area contributed by atoms with Gasteiger partial charge in [-0.05, 0) is 95.5 Å². The predicted octanol–water partition coefficient (Wildman–Crippen LogP) is 10.8. The minimum Gasteiger partial charge on any atom is -0.298 e. The Hall–Kier alpha value is -3.19. The molecule has 0 aromatic heterocycles.